The molecule has 0 aromatic heterocycles. The molecule has 112 valence electrons. The molecule has 0 bridgehead atoms. The van der Waals surface area contributed by atoms with Crippen molar-refractivity contribution in [3.8, 4) is 23.0 Å². The van der Waals surface area contributed by atoms with Crippen molar-refractivity contribution < 1.29 is 0 Å². The summed E-state index contributed by atoms with van der Waals surface area (Å²) in [5.74, 6) is 6.44. The number of hydrogen-bond acceptors (Lipinski definition) is 1. The Morgan fingerprint density at radius 3 is 2.26 bits per heavy atom. The van der Waals surface area contributed by atoms with Crippen LogP contribution in [0.2, 0.25) is 5.02 Å². The van der Waals surface area contributed by atoms with E-state index in [1.54, 1.807) is 0 Å². The molecule has 0 N–H and O–H groups in total. The molecule has 0 spiro atoms. The molecule has 0 radical (unpaired) electrons. The van der Waals surface area contributed by atoms with Gasteiger partial charge in [0, 0.05) is 25.5 Å². The topological polar surface area (TPSA) is 0 Å². The molecule has 0 saturated heterocycles. The quantitative estimate of drug-likeness (QED) is 0.352. The van der Waals surface area contributed by atoms with Crippen molar-refractivity contribution in [2.24, 2.45) is 0 Å². The fraction of sp³-hybridized carbons (Fsp3) is 0. The summed E-state index contributed by atoms with van der Waals surface area (Å²) < 4.78 is 0.990. The van der Waals surface area contributed by atoms with Gasteiger partial charge in [0.1, 0.15) is 0 Å². The molecule has 0 aliphatic carbocycles. The van der Waals surface area contributed by atoms with Crippen molar-refractivity contribution >= 4 is 40.2 Å². The standard InChI is InChI=1S/C20H12BrClS/c21-17-10-8-16(20(23)12-17)7-6-15-9-11-18(22)13-19(15)14-4-2-1-3-5-14/h1-5,8-13,23H. The summed E-state index contributed by atoms with van der Waals surface area (Å²) in [6.07, 6.45) is 0. The van der Waals surface area contributed by atoms with Gasteiger partial charge in [0.15, 0.2) is 0 Å². The predicted molar refractivity (Wildman–Crippen MR) is 104 cm³/mol. The Labute approximate surface area is 155 Å². The molecule has 0 saturated carbocycles. The number of rotatable bonds is 1. The van der Waals surface area contributed by atoms with Crippen LogP contribution in [0.25, 0.3) is 11.1 Å². The highest BCUT2D eigenvalue weighted by atomic mass is 79.9. The van der Waals surface area contributed by atoms with E-state index in [2.05, 4.69) is 52.5 Å². The second-order valence-electron chi connectivity index (χ2n) is 4.97. The van der Waals surface area contributed by atoms with E-state index in [9.17, 15) is 0 Å². The van der Waals surface area contributed by atoms with Gasteiger partial charge in [-0.1, -0.05) is 69.7 Å². The zero-order chi connectivity index (χ0) is 16.2. The molecule has 0 heterocycles. The lowest BCUT2D eigenvalue weighted by Gasteiger charge is -2.05. The van der Waals surface area contributed by atoms with Crippen molar-refractivity contribution in [2.75, 3.05) is 0 Å². The first-order valence-corrected chi connectivity index (χ1v) is 8.61. The molecule has 3 heteroatoms. The Kier molecular flexibility index (Phi) is 5.13. The van der Waals surface area contributed by atoms with Crippen molar-refractivity contribution in [1.82, 2.24) is 0 Å². The van der Waals surface area contributed by atoms with Gasteiger partial charge >= 0.3 is 0 Å². The third-order valence-corrected chi connectivity index (χ3v) is 4.46. The van der Waals surface area contributed by atoms with E-state index in [4.69, 9.17) is 11.6 Å². The highest BCUT2D eigenvalue weighted by molar-refractivity contribution is 9.10. The van der Waals surface area contributed by atoms with Gasteiger partial charge < -0.3 is 0 Å². The minimum absolute atomic E-state index is 0.702. The van der Waals surface area contributed by atoms with Gasteiger partial charge in [-0.15, -0.1) is 12.6 Å². The van der Waals surface area contributed by atoms with Crippen LogP contribution in [0.3, 0.4) is 0 Å². The largest absolute Gasteiger partial charge is 0.142 e. The van der Waals surface area contributed by atoms with Gasteiger partial charge in [0.05, 0.1) is 0 Å². The molecule has 3 aromatic rings. The second-order valence-corrected chi connectivity index (χ2v) is 6.80. The predicted octanol–water partition coefficient (Wildman–Crippen LogP) is 6.46. The molecule has 0 aliphatic heterocycles. The van der Waals surface area contributed by atoms with Crippen LogP contribution < -0.4 is 0 Å². The molecule has 0 aliphatic rings. The van der Waals surface area contributed by atoms with E-state index >= 15 is 0 Å². The van der Waals surface area contributed by atoms with Crippen molar-refractivity contribution in [3.05, 3.63) is 87.4 Å². The second kappa shape index (κ2) is 7.27. The summed E-state index contributed by atoms with van der Waals surface area (Å²) >= 11 is 14.1. The number of benzene rings is 3. The lowest BCUT2D eigenvalue weighted by molar-refractivity contribution is 1.40. The summed E-state index contributed by atoms with van der Waals surface area (Å²) in [5.41, 5.74) is 3.96. The average Bonchev–Trinajstić information content (AvgIpc) is 2.56. The first kappa shape index (κ1) is 16.2. The SMILES string of the molecule is Sc1cc(Br)ccc1C#Cc1ccc(Cl)cc1-c1ccccc1. The van der Waals surface area contributed by atoms with Crippen LogP contribution in [-0.2, 0) is 0 Å². The molecule has 0 amide bonds. The van der Waals surface area contributed by atoms with Crippen LogP contribution in [0, 0.1) is 11.8 Å². The summed E-state index contributed by atoms with van der Waals surface area (Å²) in [6, 6.07) is 21.7. The third-order valence-electron chi connectivity index (χ3n) is 3.36. The molecule has 0 atom stereocenters. The third kappa shape index (κ3) is 4.00. The van der Waals surface area contributed by atoms with Gasteiger partial charge in [-0.3, -0.25) is 0 Å². The summed E-state index contributed by atoms with van der Waals surface area (Å²) in [5, 5.41) is 0.702. The zero-order valence-corrected chi connectivity index (χ0v) is 15.3. The zero-order valence-electron chi connectivity index (χ0n) is 12.1. The Morgan fingerprint density at radius 2 is 1.52 bits per heavy atom. The van der Waals surface area contributed by atoms with E-state index in [0.29, 0.717) is 5.02 Å². The summed E-state index contributed by atoms with van der Waals surface area (Å²) in [4.78, 5) is 0.849. The molecular weight excluding hydrogens is 388 g/mol. The fourth-order valence-corrected chi connectivity index (χ4v) is 3.21. The molecule has 0 nitrogen and oxygen atoms in total. The monoisotopic (exact) mass is 398 g/mol. The van der Waals surface area contributed by atoms with Crippen LogP contribution in [0.1, 0.15) is 11.1 Å². The molecular formula is C20H12BrClS. The smallest absolute Gasteiger partial charge is 0.0413 e. The fourth-order valence-electron chi connectivity index (χ4n) is 2.23. The van der Waals surface area contributed by atoms with Gasteiger partial charge in [-0.2, -0.15) is 0 Å². The minimum atomic E-state index is 0.702. The van der Waals surface area contributed by atoms with Crippen LogP contribution in [0.15, 0.2) is 76.1 Å². The lowest BCUT2D eigenvalue weighted by Crippen LogP contribution is -1.85. The highest BCUT2D eigenvalue weighted by Gasteiger charge is 2.04. The Bertz CT molecular complexity index is 908. The first-order chi connectivity index (χ1) is 11.1. The number of halogens is 2. The van der Waals surface area contributed by atoms with Gasteiger partial charge in [0.25, 0.3) is 0 Å². The lowest BCUT2D eigenvalue weighted by atomic mass is 10.00. The van der Waals surface area contributed by atoms with E-state index in [1.165, 1.54) is 0 Å². The molecule has 23 heavy (non-hydrogen) atoms. The van der Waals surface area contributed by atoms with E-state index in [-0.39, 0.29) is 0 Å². The van der Waals surface area contributed by atoms with Crippen molar-refractivity contribution in [2.45, 2.75) is 4.90 Å². The first-order valence-electron chi connectivity index (χ1n) is 6.99. The van der Waals surface area contributed by atoms with E-state index < -0.39 is 0 Å². The molecule has 0 fully saturated rings. The minimum Gasteiger partial charge on any atom is -0.142 e. The maximum absolute atomic E-state index is 6.16. The van der Waals surface area contributed by atoms with Crippen LogP contribution in [-0.4, -0.2) is 0 Å². The van der Waals surface area contributed by atoms with E-state index in [0.717, 1.165) is 31.6 Å². The Balaban J connectivity index is 2.06. The van der Waals surface area contributed by atoms with Crippen LogP contribution in [0.5, 0.6) is 0 Å². The maximum Gasteiger partial charge on any atom is 0.0413 e. The molecule has 3 rings (SSSR count). The van der Waals surface area contributed by atoms with Gasteiger partial charge in [0.2, 0.25) is 0 Å². The summed E-state index contributed by atoms with van der Waals surface area (Å²) in [6.45, 7) is 0. The van der Waals surface area contributed by atoms with Crippen LogP contribution in [0.4, 0.5) is 0 Å². The Morgan fingerprint density at radius 1 is 0.826 bits per heavy atom. The highest BCUT2D eigenvalue weighted by Crippen LogP contribution is 2.27. The van der Waals surface area contributed by atoms with Crippen molar-refractivity contribution in [1.29, 1.82) is 0 Å². The average molecular weight is 400 g/mol. The van der Waals surface area contributed by atoms with Crippen molar-refractivity contribution in [3.63, 3.8) is 0 Å². The normalized spacial score (nSPS) is 10.0. The summed E-state index contributed by atoms with van der Waals surface area (Å²) in [7, 11) is 0. The van der Waals surface area contributed by atoms with Crippen LogP contribution >= 0.6 is 40.2 Å². The number of hydrogen-bond donors (Lipinski definition) is 1. The molecule has 0 unspecified atom stereocenters. The maximum atomic E-state index is 6.16. The van der Waals surface area contributed by atoms with Gasteiger partial charge in [-0.25, -0.2) is 0 Å². The molecule has 3 aromatic carbocycles. The number of thiol groups is 1. The van der Waals surface area contributed by atoms with Gasteiger partial charge in [-0.05, 0) is 47.5 Å². The Hall–Kier alpha value is -1.66. The van der Waals surface area contributed by atoms with E-state index in [1.807, 2.05) is 54.6 Å².